The number of amides is 1. The van der Waals surface area contributed by atoms with E-state index in [-0.39, 0.29) is 11.9 Å². The largest absolute Gasteiger partial charge is 0.352 e. The molecule has 1 N–H and O–H groups in total. The molecule has 0 spiro atoms. The number of carbonyl (C=O) groups excluding carboxylic acids is 2. The van der Waals surface area contributed by atoms with Crippen molar-refractivity contribution in [3.8, 4) is 0 Å². The van der Waals surface area contributed by atoms with Gasteiger partial charge in [-0.15, -0.1) is 22.7 Å². The zero-order valence-electron chi connectivity index (χ0n) is 16.2. The fourth-order valence-corrected chi connectivity index (χ4v) is 4.57. The molecule has 3 aromatic rings. The Balaban J connectivity index is 1.48. The lowest BCUT2D eigenvalue weighted by molar-refractivity contribution is -0.113. The maximum atomic E-state index is 12.0. The minimum Gasteiger partial charge on any atom is -0.352 e. The number of nitrogens with zero attached hydrogens (tertiary/aromatic N) is 2. The van der Waals surface area contributed by atoms with Gasteiger partial charge < -0.3 is 10.1 Å². The van der Waals surface area contributed by atoms with Gasteiger partial charge >= 0.3 is 0 Å². The maximum Gasteiger partial charge on any atom is 0.252 e. The number of unbranched alkanes of at least 4 members (excludes halogenated alkanes) is 1. The van der Waals surface area contributed by atoms with E-state index in [1.807, 2.05) is 12.1 Å². The Morgan fingerprint density at radius 3 is 2.34 bits per heavy atom. The summed E-state index contributed by atoms with van der Waals surface area (Å²) in [6.07, 6.45) is 6.77. The molecule has 3 aromatic heterocycles. The summed E-state index contributed by atoms with van der Waals surface area (Å²) in [6, 6.07) is 11.7. The molecule has 0 saturated heterocycles. The number of aldehydes is 1. The molecule has 0 aromatic carbocycles. The van der Waals surface area contributed by atoms with Gasteiger partial charge in [0.1, 0.15) is 6.29 Å². The van der Waals surface area contributed by atoms with Gasteiger partial charge in [0.25, 0.3) is 5.91 Å². The van der Waals surface area contributed by atoms with Crippen LogP contribution in [0.5, 0.6) is 0 Å². The SMILES string of the molecule is O=CC(CCCCNC(=O)c1cccnc1)N(Cc1cccs1)Cc1cccs1. The van der Waals surface area contributed by atoms with Gasteiger partial charge in [-0.25, -0.2) is 0 Å². The predicted octanol–water partition coefficient (Wildman–Crippen LogP) is 4.37. The van der Waals surface area contributed by atoms with Crippen molar-refractivity contribution in [2.75, 3.05) is 6.54 Å². The first-order valence-corrected chi connectivity index (χ1v) is 11.4. The van der Waals surface area contributed by atoms with Crippen LogP contribution < -0.4 is 5.32 Å². The van der Waals surface area contributed by atoms with Gasteiger partial charge in [-0.2, -0.15) is 0 Å². The zero-order chi connectivity index (χ0) is 20.3. The van der Waals surface area contributed by atoms with Crippen molar-refractivity contribution in [3.05, 3.63) is 74.9 Å². The van der Waals surface area contributed by atoms with Crippen molar-refractivity contribution >= 4 is 34.9 Å². The molecule has 29 heavy (non-hydrogen) atoms. The van der Waals surface area contributed by atoms with Gasteiger partial charge in [0.2, 0.25) is 0 Å². The molecule has 1 atom stereocenters. The minimum atomic E-state index is -0.131. The highest BCUT2D eigenvalue weighted by Gasteiger charge is 2.19. The van der Waals surface area contributed by atoms with Gasteiger partial charge in [-0.3, -0.25) is 14.7 Å². The van der Waals surface area contributed by atoms with E-state index >= 15 is 0 Å². The molecule has 3 heterocycles. The number of aromatic nitrogens is 1. The molecule has 1 unspecified atom stereocenters. The van der Waals surface area contributed by atoms with Gasteiger partial charge in [-0.1, -0.05) is 12.1 Å². The summed E-state index contributed by atoms with van der Waals surface area (Å²) in [5.41, 5.74) is 0.566. The second-order valence-electron chi connectivity index (χ2n) is 6.76. The summed E-state index contributed by atoms with van der Waals surface area (Å²) in [6.45, 7) is 2.14. The molecule has 5 nitrogen and oxygen atoms in total. The number of rotatable bonds is 12. The van der Waals surface area contributed by atoms with E-state index in [2.05, 4.69) is 38.1 Å². The van der Waals surface area contributed by atoms with E-state index in [0.717, 1.165) is 38.6 Å². The zero-order valence-corrected chi connectivity index (χ0v) is 17.8. The molecule has 0 saturated carbocycles. The van der Waals surface area contributed by atoms with Crippen molar-refractivity contribution in [2.45, 2.75) is 38.4 Å². The average Bonchev–Trinajstić information content (AvgIpc) is 3.45. The van der Waals surface area contributed by atoms with Crippen LogP contribution >= 0.6 is 22.7 Å². The van der Waals surface area contributed by atoms with E-state index in [1.165, 1.54) is 9.75 Å². The number of pyridine rings is 1. The lowest BCUT2D eigenvalue weighted by atomic mass is 10.1. The van der Waals surface area contributed by atoms with Gasteiger partial charge in [0.05, 0.1) is 11.6 Å². The van der Waals surface area contributed by atoms with Gasteiger partial charge in [-0.05, 0) is 54.3 Å². The topological polar surface area (TPSA) is 62.3 Å². The Labute approximate surface area is 179 Å². The molecule has 0 radical (unpaired) electrons. The Morgan fingerprint density at radius 1 is 1.07 bits per heavy atom. The molecular weight excluding hydrogens is 402 g/mol. The highest BCUT2D eigenvalue weighted by Crippen LogP contribution is 2.20. The number of carbonyl (C=O) groups is 2. The van der Waals surface area contributed by atoms with E-state index in [0.29, 0.717) is 12.1 Å². The normalized spacial score (nSPS) is 12.0. The van der Waals surface area contributed by atoms with Crippen LogP contribution in [0.4, 0.5) is 0 Å². The van der Waals surface area contributed by atoms with Crippen LogP contribution in [-0.2, 0) is 17.9 Å². The highest BCUT2D eigenvalue weighted by molar-refractivity contribution is 7.10. The molecule has 152 valence electrons. The molecular formula is C22H25N3O2S2. The molecule has 3 rings (SSSR count). The van der Waals surface area contributed by atoms with Gasteiger partial charge in [0.15, 0.2) is 0 Å². The minimum absolute atomic E-state index is 0.109. The molecule has 0 bridgehead atoms. The van der Waals surface area contributed by atoms with Crippen LogP contribution in [0.2, 0.25) is 0 Å². The van der Waals surface area contributed by atoms with E-state index < -0.39 is 0 Å². The molecule has 1 amide bonds. The Morgan fingerprint density at radius 2 is 1.79 bits per heavy atom. The number of thiophene rings is 2. The first-order chi connectivity index (χ1) is 14.3. The standard InChI is InChI=1S/C22H25N3O2S2/c26-17-19(7-1-2-11-24-22(27)18-6-3-10-23-14-18)25(15-20-8-4-12-28-20)16-21-9-5-13-29-21/h3-6,8-10,12-14,17,19H,1-2,7,11,15-16H2,(H,24,27). The number of hydrogen-bond acceptors (Lipinski definition) is 6. The summed E-state index contributed by atoms with van der Waals surface area (Å²) in [4.78, 5) is 32.6. The second kappa shape index (κ2) is 11.6. The monoisotopic (exact) mass is 427 g/mol. The van der Waals surface area contributed by atoms with E-state index in [1.54, 1.807) is 47.2 Å². The first-order valence-electron chi connectivity index (χ1n) is 9.68. The van der Waals surface area contributed by atoms with E-state index in [9.17, 15) is 9.59 Å². The van der Waals surface area contributed by atoms with E-state index in [4.69, 9.17) is 0 Å². The lowest BCUT2D eigenvalue weighted by Crippen LogP contribution is -2.35. The van der Waals surface area contributed by atoms with Crippen molar-refractivity contribution in [3.63, 3.8) is 0 Å². The van der Waals surface area contributed by atoms with Crippen LogP contribution in [-0.4, -0.2) is 34.7 Å². The Kier molecular flexibility index (Phi) is 8.55. The third-order valence-corrected chi connectivity index (χ3v) is 6.36. The smallest absolute Gasteiger partial charge is 0.252 e. The number of nitrogens with one attached hydrogen (secondary N) is 1. The lowest BCUT2D eigenvalue weighted by Gasteiger charge is -2.27. The van der Waals surface area contributed by atoms with Crippen molar-refractivity contribution in [2.24, 2.45) is 0 Å². The van der Waals surface area contributed by atoms with Crippen LogP contribution in [0.15, 0.2) is 59.6 Å². The fourth-order valence-electron chi connectivity index (χ4n) is 3.11. The Bertz CT molecular complexity index is 815. The van der Waals surface area contributed by atoms with Crippen molar-refractivity contribution in [1.29, 1.82) is 0 Å². The summed E-state index contributed by atoms with van der Waals surface area (Å²) < 4.78 is 0. The van der Waals surface area contributed by atoms with Gasteiger partial charge in [0, 0.05) is 41.8 Å². The quantitative estimate of drug-likeness (QED) is 0.344. The van der Waals surface area contributed by atoms with Crippen LogP contribution in [0.25, 0.3) is 0 Å². The molecule has 0 aliphatic carbocycles. The summed E-state index contributed by atoms with van der Waals surface area (Å²) in [5.74, 6) is -0.109. The molecule has 0 fully saturated rings. The fraction of sp³-hybridized carbons (Fsp3) is 0.318. The maximum absolute atomic E-state index is 12.0. The summed E-state index contributed by atoms with van der Waals surface area (Å²) in [5, 5.41) is 7.05. The summed E-state index contributed by atoms with van der Waals surface area (Å²) in [7, 11) is 0. The average molecular weight is 428 g/mol. The predicted molar refractivity (Wildman–Crippen MR) is 118 cm³/mol. The van der Waals surface area contributed by atoms with Crippen LogP contribution in [0, 0.1) is 0 Å². The number of hydrogen-bond donors (Lipinski definition) is 1. The first kappa shape index (κ1) is 21.4. The summed E-state index contributed by atoms with van der Waals surface area (Å²) >= 11 is 3.44. The highest BCUT2D eigenvalue weighted by atomic mass is 32.1. The third kappa shape index (κ3) is 6.88. The van der Waals surface area contributed by atoms with Crippen LogP contribution in [0.3, 0.4) is 0 Å². The Hall–Kier alpha value is -2.35. The van der Waals surface area contributed by atoms with Crippen LogP contribution in [0.1, 0.15) is 39.4 Å². The molecule has 7 heteroatoms. The molecule has 0 aliphatic heterocycles. The van der Waals surface area contributed by atoms with Crippen molar-refractivity contribution < 1.29 is 9.59 Å². The molecule has 0 aliphatic rings. The van der Waals surface area contributed by atoms with Crippen molar-refractivity contribution in [1.82, 2.24) is 15.2 Å². The second-order valence-corrected chi connectivity index (χ2v) is 8.83. The third-order valence-electron chi connectivity index (χ3n) is 4.64.